The molecule has 4 rings (SSSR count). The number of ether oxygens (including phenoxy) is 1. The summed E-state index contributed by atoms with van der Waals surface area (Å²) >= 11 is 4.22. The number of hydrogen-bond acceptors (Lipinski definition) is 5. The third kappa shape index (κ3) is 4.89. The number of benzene rings is 3. The molecule has 6 nitrogen and oxygen atoms in total. The van der Waals surface area contributed by atoms with Crippen LogP contribution in [0.2, 0.25) is 5.02 Å². The van der Waals surface area contributed by atoms with Crippen LogP contribution in [0.5, 0.6) is 5.75 Å². The molecule has 176 valence electrons. The van der Waals surface area contributed by atoms with Crippen LogP contribution in [-0.4, -0.2) is 35.7 Å². The van der Waals surface area contributed by atoms with Gasteiger partial charge in [-0.3, -0.25) is 9.59 Å². The number of fused-ring (bicyclic) bond motifs is 1. The van der Waals surface area contributed by atoms with Gasteiger partial charge >= 0.3 is 0 Å². The Morgan fingerprint density at radius 2 is 1.85 bits per heavy atom. The Kier molecular flexibility index (Phi) is 7.11. The van der Waals surface area contributed by atoms with E-state index < -0.39 is 22.4 Å². The maximum atomic E-state index is 13.5. The van der Waals surface area contributed by atoms with Crippen molar-refractivity contribution in [2.45, 2.75) is 18.2 Å². The first kappa shape index (κ1) is 24.1. The highest BCUT2D eigenvalue weighted by atomic mass is 35.5. The number of nitrogens with one attached hydrogen (secondary N) is 1. The van der Waals surface area contributed by atoms with Crippen molar-refractivity contribution in [2.24, 2.45) is 0 Å². The Balaban J connectivity index is 1.53. The summed E-state index contributed by atoms with van der Waals surface area (Å²) in [5.41, 5.74) is 2.63. The van der Waals surface area contributed by atoms with Gasteiger partial charge in [0, 0.05) is 18.5 Å². The average Bonchev–Trinajstić information content (AvgIpc) is 2.85. The highest BCUT2D eigenvalue weighted by Gasteiger charge is 2.42. The molecular weight excluding hydrogens is 479 g/mol. The van der Waals surface area contributed by atoms with E-state index in [1.165, 1.54) is 28.6 Å². The van der Waals surface area contributed by atoms with Crippen LogP contribution in [0, 0.1) is 5.82 Å². The SMILES string of the molecule is COc1ccc(CNC(=O)c2ccc3c(c2)C(=O)C(Cc2ccc(F)c(Cl)c2)[S+]([O-])N3C)cc1. The minimum Gasteiger partial charge on any atom is -0.592 e. The van der Waals surface area contributed by atoms with Gasteiger partial charge in [-0.1, -0.05) is 29.8 Å². The number of methoxy groups -OCH3 is 1. The zero-order valence-electron chi connectivity index (χ0n) is 18.5. The second-order valence-corrected chi connectivity index (χ2v) is 9.92. The van der Waals surface area contributed by atoms with Gasteiger partial charge in [0.05, 0.1) is 41.8 Å². The summed E-state index contributed by atoms with van der Waals surface area (Å²) in [7, 11) is 3.22. The van der Waals surface area contributed by atoms with Crippen LogP contribution in [0.3, 0.4) is 0 Å². The van der Waals surface area contributed by atoms with Crippen LogP contribution in [0.4, 0.5) is 10.1 Å². The number of amides is 1. The van der Waals surface area contributed by atoms with Crippen LogP contribution in [0.15, 0.2) is 60.7 Å². The van der Waals surface area contributed by atoms with E-state index in [4.69, 9.17) is 16.3 Å². The normalized spacial score (nSPS) is 17.3. The number of carbonyl (C=O) groups is 2. The number of anilines is 1. The first-order valence-corrected chi connectivity index (χ1v) is 12.0. The van der Waals surface area contributed by atoms with Gasteiger partial charge in [-0.25, -0.2) is 4.39 Å². The molecule has 0 saturated heterocycles. The van der Waals surface area contributed by atoms with Crippen LogP contribution in [-0.2, 0) is 24.3 Å². The van der Waals surface area contributed by atoms with E-state index in [9.17, 15) is 18.5 Å². The summed E-state index contributed by atoms with van der Waals surface area (Å²) in [5.74, 6) is -0.504. The Labute approximate surface area is 205 Å². The molecule has 3 aromatic carbocycles. The summed E-state index contributed by atoms with van der Waals surface area (Å²) in [6.45, 7) is 0.311. The van der Waals surface area contributed by atoms with Crippen molar-refractivity contribution >= 4 is 40.3 Å². The lowest BCUT2D eigenvalue weighted by atomic mass is 9.98. The number of Topliss-reactive ketones (excluding diaryl/α,β-unsaturated/α-hetero) is 1. The summed E-state index contributed by atoms with van der Waals surface area (Å²) in [5, 5.41) is 1.90. The third-order valence-electron chi connectivity index (χ3n) is 5.69. The molecule has 9 heteroatoms. The molecule has 1 aliphatic rings. The molecule has 1 N–H and O–H groups in total. The highest BCUT2D eigenvalue weighted by molar-refractivity contribution is 7.94. The lowest BCUT2D eigenvalue weighted by Crippen LogP contribution is -2.47. The molecule has 2 atom stereocenters. The fraction of sp³-hybridized carbons (Fsp3) is 0.200. The zero-order chi connectivity index (χ0) is 24.4. The van der Waals surface area contributed by atoms with Crippen molar-refractivity contribution in [1.29, 1.82) is 0 Å². The van der Waals surface area contributed by atoms with Crippen molar-refractivity contribution in [3.8, 4) is 5.75 Å². The lowest BCUT2D eigenvalue weighted by molar-refractivity contribution is 0.0951. The van der Waals surface area contributed by atoms with Gasteiger partial charge in [0.25, 0.3) is 5.91 Å². The predicted octanol–water partition coefficient (Wildman–Crippen LogP) is 4.33. The molecule has 1 heterocycles. The Bertz CT molecular complexity index is 1240. The minimum absolute atomic E-state index is 0.0592. The quantitative estimate of drug-likeness (QED) is 0.510. The fourth-order valence-electron chi connectivity index (χ4n) is 3.77. The van der Waals surface area contributed by atoms with E-state index in [1.807, 2.05) is 24.3 Å². The zero-order valence-corrected chi connectivity index (χ0v) is 20.1. The second kappa shape index (κ2) is 10.0. The summed E-state index contributed by atoms with van der Waals surface area (Å²) in [6, 6.07) is 16.2. The number of carbonyl (C=O) groups excluding carboxylic acids is 2. The monoisotopic (exact) mass is 500 g/mol. The first-order valence-electron chi connectivity index (χ1n) is 10.5. The van der Waals surface area contributed by atoms with E-state index in [0.29, 0.717) is 28.9 Å². The van der Waals surface area contributed by atoms with Gasteiger partial charge in [-0.05, 0) is 53.6 Å². The molecule has 0 bridgehead atoms. The van der Waals surface area contributed by atoms with Crippen molar-refractivity contribution < 1.29 is 23.3 Å². The standard InChI is InChI=1S/C25H22ClFN2O4S/c1-29-22-10-6-17(25(31)28-14-15-3-7-18(33-2)8-4-15)13-19(22)24(30)23(34(29)32)12-16-5-9-21(27)20(26)11-16/h3-11,13,23H,12,14H2,1-2H3,(H,28,31). The van der Waals surface area contributed by atoms with E-state index in [-0.39, 0.29) is 23.1 Å². The maximum Gasteiger partial charge on any atom is 0.251 e. The fourth-order valence-corrected chi connectivity index (χ4v) is 5.36. The topological polar surface area (TPSA) is 81.7 Å². The van der Waals surface area contributed by atoms with Gasteiger partial charge in [0.2, 0.25) is 11.0 Å². The lowest BCUT2D eigenvalue weighted by Gasteiger charge is -2.33. The summed E-state index contributed by atoms with van der Waals surface area (Å²) in [4.78, 5) is 26.0. The Hall–Kier alpha value is -3.07. The van der Waals surface area contributed by atoms with Crippen LogP contribution < -0.4 is 14.4 Å². The summed E-state index contributed by atoms with van der Waals surface area (Å²) < 4.78 is 33.2. The molecule has 34 heavy (non-hydrogen) atoms. The third-order valence-corrected chi connectivity index (χ3v) is 7.58. The molecule has 1 amide bonds. The van der Waals surface area contributed by atoms with Gasteiger partial charge in [-0.15, -0.1) is 0 Å². The number of nitrogens with zero attached hydrogens (tertiary/aromatic N) is 1. The van der Waals surface area contributed by atoms with Crippen LogP contribution >= 0.6 is 11.6 Å². The smallest absolute Gasteiger partial charge is 0.251 e. The molecule has 1 aliphatic heterocycles. The van der Waals surface area contributed by atoms with Crippen LogP contribution in [0.1, 0.15) is 31.8 Å². The van der Waals surface area contributed by atoms with Gasteiger partial charge in [0.15, 0.2) is 0 Å². The number of rotatable bonds is 6. The molecule has 0 spiro atoms. The molecule has 0 radical (unpaired) electrons. The predicted molar refractivity (Wildman–Crippen MR) is 130 cm³/mol. The van der Waals surface area contributed by atoms with Crippen molar-refractivity contribution in [3.05, 3.63) is 93.8 Å². The molecule has 0 fully saturated rings. The molecular formula is C25H22ClFN2O4S. The number of ketones is 1. The highest BCUT2D eigenvalue weighted by Crippen LogP contribution is 2.34. The van der Waals surface area contributed by atoms with Gasteiger partial charge in [-0.2, -0.15) is 4.31 Å². The molecule has 3 aromatic rings. The van der Waals surface area contributed by atoms with E-state index in [1.54, 1.807) is 26.3 Å². The molecule has 0 saturated carbocycles. The first-order chi connectivity index (χ1) is 16.3. The van der Waals surface area contributed by atoms with E-state index >= 15 is 0 Å². The molecule has 2 unspecified atom stereocenters. The molecule has 0 aliphatic carbocycles. The number of halogens is 2. The average molecular weight is 501 g/mol. The second-order valence-electron chi connectivity index (χ2n) is 7.84. The largest absolute Gasteiger partial charge is 0.592 e. The molecule has 0 aromatic heterocycles. The summed E-state index contributed by atoms with van der Waals surface area (Å²) in [6.07, 6.45) is 0.128. The minimum atomic E-state index is -1.64. The van der Waals surface area contributed by atoms with Crippen molar-refractivity contribution in [3.63, 3.8) is 0 Å². The number of hydrogen-bond donors (Lipinski definition) is 1. The maximum absolute atomic E-state index is 13.5. The van der Waals surface area contributed by atoms with E-state index in [0.717, 1.165) is 11.3 Å². The van der Waals surface area contributed by atoms with Crippen molar-refractivity contribution in [1.82, 2.24) is 5.32 Å². The Morgan fingerprint density at radius 1 is 1.15 bits per heavy atom. The van der Waals surface area contributed by atoms with Gasteiger partial charge < -0.3 is 14.6 Å². The van der Waals surface area contributed by atoms with Crippen LogP contribution in [0.25, 0.3) is 0 Å². The van der Waals surface area contributed by atoms with Crippen molar-refractivity contribution in [2.75, 3.05) is 18.5 Å². The van der Waals surface area contributed by atoms with E-state index in [2.05, 4.69) is 5.32 Å². The Morgan fingerprint density at radius 3 is 2.53 bits per heavy atom. The van der Waals surface area contributed by atoms with Gasteiger partial charge in [0.1, 0.15) is 11.6 Å².